The van der Waals surface area contributed by atoms with Crippen LogP contribution in [0.3, 0.4) is 0 Å². The summed E-state index contributed by atoms with van der Waals surface area (Å²) in [6, 6.07) is 13.2. The minimum absolute atomic E-state index is 0.0206. The van der Waals surface area contributed by atoms with E-state index in [9.17, 15) is 4.79 Å². The molecule has 0 aliphatic carbocycles. The molecule has 0 radical (unpaired) electrons. The fourth-order valence-electron chi connectivity index (χ4n) is 3.97. The van der Waals surface area contributed by atoms with Crippen LogP contribution in [0.1, 0.15) is 26.3 Å². The quantitative estimate of drug-likeness (QED) is 0.415. The molecule has 0 amide bonds. The van der Waals surface area contributed by atoms with Gasteiger partial charge in [0, 0.05) is 12.1 Å². The third-order valence-corrected chi connectivity index (χ3v) is 5.88. The van der Waals surface area contributed by atoms with Gasteiger partial charge in [0.25, 0.3) is 5.56 Å². The van der Waals surface area contributed by atoms with Crippen LogP contribution >= 0.6 is 0 Å². The van der Waals surface area contributed by atoms with Crippen molar-refractivity contribution in [1.29, 1.82) is 0 Å². The van der Waals surface area contributed by atoms with Crippen molar-refractivity contribution in [3.05, 3.63) is 59.1 Å². The summed E-state index contributed by atoms with van der Waals surface area (Å²) >= 11 is 0. The minimum Gasteiger partial charge on any atom is -0.493 e. The number of benzene rings is 2. The van der Waals surface area contributed by atoms with Gasteiger partial charge in [0.1, 0.15) is 17.2 Å². The first kappa shape index (κ1) is 20.0. The van der Waals surface area contributed by atoms with Gasteiger partial charge >= 0.3 is 0 Å². The molecule has 8 heteroatoms. The van der Waals surface area contributed by atoms with E-state index in [1.54, 1.807) is 25.1 Å². The Kier molecular flexibility index (Phi) is 4.77. The van der Waals surface area contributed by atoms with E-state index < -0.39 is 0 Å². The zero-order valence-corrected chi connectivity index (χ0v) is 18.4. The number of methoxy groups -OCH3 is 2. The van der Waals surface area contributed by atoms with Gasteiger partial charge in [-0.05, 0) is 37.6 Å². The summed E-state index contributed by atoms with van der Waals surface area (Å²) in [7, 11) is 3.18. The van der Waals surface area contributed by atoms with Crippen LogP contribution in [-0.2, 0) is 0 Å². The fraction of sp³-hybridized carbons (Fsp3) is 0.250. The Labute approximate surface area is 184 Å². The van der Waals surface area contributed by atoms with E-state index in [0.29, 0.717) is 33.7 Å². The number of nitrogens with zero attached hydrogens (tertiary/aromatic N) is 5. The van der Waals surface area contributed by atoms with Crippen LogP contribution in [-0.4, -0.2) is 38.3 Å². The summed E-state index contributed by atoms with van der Waals surface area (Å²) in [5, 5.41) is 0.454. The fourth-order valence-corrected chi connectivity index (χ4v) is 3.97. The summed E-state index contributed by atoms with van der Waals surface area (Å²) in [4.78, 5) is 27.9. The van der Waals surface area contributed by atoms with Crippen molar-refractivity contribution in [2.45, 2.75) is 26.3 Å². The predicted octanol–water partition coefficient (Wildman–Crippen LogP) is 4.27. The molecule has 0 spiro atoms. The van der Waals surface area contributed by atoms with Crippen LogP contribution < -0.4 is 15.0 Å². The third kappa shape index (κ3) is 2.90. The largest absolute Gasteiger partial charge is 0.493 e. The monoisotopic (exact) mass is 429 g/mol. The second-order valence-electron chi connectivity index (χ2n) is 7.67. The van der Waals surface area contributed by atoms with Gasteiger partial charge in [0.15, 0.2) is 22.8 Å². The second kappa shape index (κ2) is 7.64. The van der Waals surface area contributed by atoms with Crippen molar-refractivity contribution in [3.8, 4) is 17.2 Å². The van der Waals surface area contributed by atoms with Crippen LogP contribution in [0.15, 0.2) is 53.6 Å². The molecule has 0 saturated heterocycles. The number of rotatable bonds is 5. The van der Waals surface area contributed by atoms with Crippen LogP contribution in [0.5, 0.6) is 11.5 Å². The summed E-state index contributed by atoms with van der Waals surface area (Å²) < 4.78 is 14.4. The van der Waals surface area contributed by atoms with Crippen molar-refractivity contribution >= 4 is 33.2 Å². The maximum Gasteiger partial charge on any atom is 0.265 e. The van der Waals surface area contributed by atoms with Gasteiger partial charge in [-0.1, -0.05) is 19.1 Å². The Bertz CT molecular complexity index is 1540. The van der Waals surface area contributed by atoms with Gasteiger partial charge < -0.3 is 9.47 Å². The Morgan fingerprint density at radius 3 is 2.38 bits per heavy atom. The van der Waals surface area contributed by atoms with Crippen LogP contribution in [0.2, 0.25) is 0 Å². The summed E-state index contributed by atoms with van der Waals surface area (Å²) in [5.74, 6) is 1.18. The Balaban J connectivity index is 1.94. The first-order valence-electron chi connectivity index (χ1n) is 10.5. The highest BCUT2D eigenvalue weighted by molar-refractivity contribution is 6.05. The van der Waals surface area contributed by atoms with Crippen LogP contribution in [0, 0.1) is 0 Å². The molecule has 5 rings (SSSR count). The number of aromatic nitrogens is 5. The van der Waals surface area contributed by atoms with Gasteiger partial charge in [0.2, 0.25) is 0 Å². The molecular weight excluding hydrogens is 406 g/mol. The highest BCUT2D eigenvalue weighted by Gasteiger charge is 2.22. The molecule has 162 valence electrons. The Morgan fingerprint density at radius 1 is 0.969 bits per heavy atom. The van der Waals surface area contributed by atoms with Crippen molar-refractivity contribution in [3.63, 3.8) is 0 Å². The number of hydrogen-bond donors (Lipinski definition) is 0. The number of hydrogen-bond acceptors (Lipinski definition) is 6. The molecule has 0 aliphatic heterocycles. The zero-order valence-electron chi connectivity index (χ0n) is 18.4. The molecular formula is C24H23N5O3. The molecule has 5 aromatic rings. The molecule has 0 bridgehead atoms. The van der Waals surface area contributed by atoms with Gasteiger partial charge in [-0.2, -0.15) is 0 Å². The summed E-state index contributed by atoms with van der Waals surface area (Å²) in [6.07, 6.45) is 2.42. The lowest BCUT2D eigenvalue weighted by atomic mass is 10.2. The SMILES string of the molecule is CCC(C)n1cnc2c(c1=O)c1nc3ccccc3nc1n2-c1ccc(OC)c(OC)c1. The van der Waals surface area contributed by atoms with E-state index in [2.05, 4.69) is 4.98 Å². The second-order valence-corrected chi connectivity index (χ2v) is 7.67. The van der Waals surface area contributed by atoms with Gasteiger partial charge in [-0.15, -0.1) is 0 Å². The molecule has 1 atom stereocenters. The van der Waals surface area contributed by atoms with E-state index in [4.69, 9.17) is 19.4 Å². The molecule has 3 heterocycles. The Morgan fingerprint density at radius 2 is 1.69 bits per heavy atom. The lowest BCUT2D eigenvalue weighted by Gasteiger charge is -2.13. The molecule has 2 aromatic carbocycles. The van der Waals surface area contributed by atoms with Crippen molar-refractivity contribution in [2.24, 2.45) is 0 Å². The van der Waals surface area contributed by atoms with E-state index in [-0.39, 0.29) is 11.6 Å². The van der Waals surface area contributed by atoms with Crippen LogP contribution in [0.4, 0.5) is 0 Å². The number of fused-ring (bicyclic) bond motifs is 4. The van der Waals surface area contributed by atoms with E-state index >= 15 is 0 Å². The zero-order chi connectivity index (χ0) is 22.4. The summed E-state index contributed by atoms with van der Waals surface area (Å²) in [6.45, 7) is 4.05. The van der Waals surface area contributed by atoms with Crippen molar-refractivity contribution in [1.82, 2.24) is 24.1 Å². The number of ether oxygens (including phenoxy) is 2. The Hall–Kier alpha value is -3.94. The van der Waals surface area contributed by atoms with E-state index in [0.717, 1.165) is 23.1 Å². The van der Waals surface area contributed by atoms with E-state index in [1.165, 1.54) is 0 Å². The van der Waals surface area contributed by atoms with Crippen LogP contribution in [0.25, 0.3) is 38.9 Å². The normalized spacial score (nSPS) is 12.5. The average Bonchev–Trinajstić information content (AvgIpc) is 3.15. The molecule has 8 nitrogen and oxygen atoms in total. The third-order valence-electron chi connectivity index (χ3n) is 5.88. The predicted molar refractivity (Wildman–Crippen MR) is 124 cm³/mol. The number of para-hydroxylation sites is 2. The lowest BCUT2D eigenvalue weighted by Crippen LogP contribution is -2.23. The first-order chi connectivity index (χ1) is 15.6. The molecule has 0 saturated carbocycles. The summed E-state index contributed by atoms with van der Waals surface area (Å²) in [5.41, 5.74) is 3.70. The topological polar surface area (TPSA) is 84.1 Å². The average molecular weight is 429 g/mol. The molecule has 1 unspecified atom stereocenters. The van der Waals surface area contributed by atoms with Gasteiger partial charge in [-0.25, -0.2) is 15.0 Å². The van der Waals surface area contributed by atoms with Gasteiger partial charge in [0.05, 0.1) is 30.9 Å². The standard InChI is InChI=1S/C24H23N5O3/c1-5-14(2)28-13-25-22-20(24(28)30)21-23(27-17-9-7-6-8-16(17)26-21)29(22)15-10-11-18(31-3)19(12-15)32-4/h6-14H,5H2,1-4H3. The van der Waals surface area contributed by atoms with Gasteiger partial charge in [-0.3, -0.25) is 13.9 Å². The first-order valence-corrected chi connectivity index (χ1v) is 10.5. The molecule has 32 heavy (non-hydrogen) atoms. The smallest absolute Gasteiger partial charge is 0.265 e. The molecule has 0 N–H and O–H groups in total. The lowest BCUT2D eigenvalue weighted by molar-refractivity contribution is 0.355. The van der Waals surface area contributed by atoms with E-state index in [1.807, 2.05) is 60.9 Å². The molecule has 3 aromatic heterocycles. The minimum atomic E-state index is -0.127. The van der Waals surface area contributed by atoms with Crippen molar-refractivity contribution in [2.75, 3.05) is 14.2 Å². The highest BCUT2D eigenvalue weighted by Crippen LogP contribution is 2.33. The van der Waals surface area contributed by atoms with Crippen molar-refractivity contribution < 1.29 is 9.47 Å². The highest BCUT2D eigenvalue weighted by atomic mass is 16.5. The molecule has 0 fully saturated rings. The maximum atomic E-state index is 13.5. The molecule has 0 aliphatic rings. The maximum absolute atomic E-state index is 13.5.